The zero-order valence-electron chi connectivity index (χ0n) is 40.6. The van der Waals surface area contributed by atoms with Gasteiger partial charge in [-0.25, -0.2) is 4.98 Å². The molecule has 10 aromatic rings. The van der Waals surface area contributed by atoms with Gasteiger partial charge >= 0.3 is 0 Å². The molecule has 0 amide bonds. The molecule has 4 heterocycles. The third-order valence-electron chi connectivity index (χ3n) is 14.5. The monoisotopic (exact) mass is 872 g/mol. The molecule has 0 N–H and O–H groups in total. The number of pyridine rings is 1. The number of ether oxygens (including phenoxy) is 1. The summed E-state index contributed by atoms with van der Waals surface area (Å²) in [5, 5.41) is 2.34. The largest absolute Gasteiger partial charge is 0.458 e. The third-order valence-corrected chi connectivity index (χ3v) is 14.5. The van der Waals surface area contributed by atoms with Crippen LogP contribution < -0.4 is 25.7 Å². The Morgan fingerprint density at radius 1 is 0.612 bits per heavy atom. The number of benzene rings is 7. The smallest absolute Gasteiger partial charge is 0.269 e. The van der Waals surface area contributed by atoms with Crippen LogP contribution in [-0.2, 0) is 10.8 Å². The fraction of sp³-hybridized carbons (Fsp3) is 0.213. The Balaban J connectivity index is 1.09. The molecule has 1 aliphatic rings. The van der Waals surface area contributed by atoms with Crippen LogP contribution in [0.3, 0.4) is 0 Å². The van der Waals surface area contributed by atoms with Crippen LogP contribution in [0.5, 0.6) is 11.5 Å². The van der Waals surface area contributed by atoms with E-state index in [1.54, 1.807) is 0 Å². The lowest BCUT2D eigenvalue weighted by Crippen LogP contribution is -2.55. The van der Waals surface area contributed by atoms with Crippen molar-refractivity contribution < 1.29 is 9.30 Å². The number of rotatable bonds is 7. The second kappa shape index (κ2) is 15.5. The molecule has 0 bridgehead atoms. The predicted octanol–water partition coefficient (Wildman–Crippen LogP) is 12.3. The molecular weight excluding hydrogens is 816 g/mol. The minimum absolute atomic E-state index is 0.0517. The lowest BCUT2D eigenvalue weighted by Gasteiger charge is -2.34. The standard InChI is InChI=1S/C61H57BN4O/c1-37-28-39(3)57(40(4)29-37)62(58-41(5)30-38(2)31-42(58)6)44-20-25-52-49(33-44)48-23-21-46(34-54(48)66(52)56-32-43(26-27-63-56)60(7,8)9)67-47-22-24-50-55(35-47)65-36-64(45-16-13-12-14-17-45)53-19-15-18-51(59(53)65)61(50,10)11/h12-35H,1-11H3. The zero-order chi connectivity index (χ0) is 46.7. The number of hydrogen-bond donors (Lipinski definition) is 0. The van der Waals surface area contributed by atoms with Crippen LogP contribution in [0.15, 0.2) is 146 Å². The van der Waals surface area contributed by atoms with Gasteiger partial charge in [-0.15, -0.1) is 0 Å². The van der Waals surface area contributed by atoms with E-state index in [1.165, 1.54) is 77.4 Å². The number of hydrogen-bond acceptors (Lipinski definition) is 2. The number of para-hydroxylation sites is 2. The first-order chi connectivity index (χ1) is 32.1. The first-order valence-corrected chi connectivity index (χ1v) is 23.6. The lowest BCUT2D eigenvalue weighted by atomic mass is 9.34. The van der Waals surface area contributed by atoms with E-state index < -0.39 is 0 Å². The van der Waals surface area contributed by atoms with Gasteiger partial charge < -0.3 is 4.74 Å². The maximum Gasteiger partial charge on any atom is 0.269 e. The van der Waals surface area contributed by atoms with Crippen molar-refractivity contribution in [1.29, 1.82) is 0 Å². The first-order valence-electron chi connectivity index (χ1n) is 23.6. The molecule has 0 unspecified atom stereocenters. The van der Waals surface area contributed by atoms with Crippen molar-refractivity contribution in [1.82, 2.24) is 14.1 Å². The summed E-state index contributed by atoms with van der Waals surface area (Å²) in [5.74, 6) is 2.41. The summed E-state index contributed by atoms with van der Waals surface area (Å²) in [6.45, 7) is 25.0. The van der Waals surface area contributed by atoms with Crippen molar-refractivity contribution >= 4 is 55.9 Å². The van der Waals surface area contributed by atoms with Crippen LogP contribution in [0.1, 0.15) is 84.7 Å². The predicted molar refractivity (Wildman–Crippen MR) is 279 cm³/mol. The van der Waals surface area contributed by atoms with Crippen LogP contribution in [0.25, 0.3) is 50.0 Å². The van der Waals surface area contributed by atoms with Gasteiger partial charge in [-0.1, -0.05) is 163 Å². The van der Waals surface area contributed by atoms with Gasteiger partial charge in [0.15, 0.2) is 0 Å². The van der Waals surface area contributed by atoms with Crippen LogP contribution in [-0.4, -0.2) is 20.8 Å². The second-order valence-electron chi connectivity index (χ2n) is 20.7. The quantitative estimate of drug-likeness (QED) is 0.0909. The maximum absolute atomic E-state index is 6.94. The van der Waals surface area contributed by atoms with Gasteiger partial charge in [-0.05, 0) is 118 Å². The summed E-state index contributed by atoms with van der Waals surface area (Å²) in [5.41, 5.74) is 21.9. The SMILES string of the molecule is Cc1cc(C)c(B(c2ccc3c(c2)c2ccc(Oc4ccc5c(c4)-n4[c-][n+](-c6ccccc6)c6cccc(c64)C5(C)C)cc2n3-c2cc(C(C)(C)C)ccn2)c2c(C)cc(C)cc2C)c(C)c1. The van der Waals surface area contributed by atoms with Gasteiger partial charge in [0.05, 0.1) is 33.4 Å². The molecule has 0 fully saturated rings. The fourth-order valence-electron chi connectivity index (χ4n) is 11.5. The number of aromatic nitrogens is 4. The van der Waals surface area contributed by atoms with Crippen LogP contribution in [0.2, 0.25) is 0 Å². The highest BCUT2D eigenvalue weighted by Gasteiger charge is 2.35. The average Bonchev–Trinajstić information content (AvgIpc) is 3.83. The number of aryl methyl sites for hydroxylation is 6. The molecule has 0 atom stereocenters. The normalized spacial score (nSPS) is 13.1. The molecule has 0 spiro atoms. The Hall–Kier alpha value is -7.18. The molecule has 3 aromatic heterocycles. The Morgan fingerprint density at radius 3 is 1.94 bits per heavy atom. The Labute approximate surface area is 395 Å². The molecule has 0 radical (unpaired) electrons. The van der Waals surface area contributed by atoms with Crippen molar-refractivity contribution in [2.24, 2.45) is 0 Å². The van der Waals surface area contributed by atoms with Crippen LogP contribution >= 0.6 is 0 Å². The van der Waals surface area contributed by atoms with Gasteiger partial charge in [0.2, 0.25) is 6.71 Å². The number of fused-ring (bicyclic) bond motifs is 5. The molecule has 0 saturated carbocycles. The molecule has 7 aromatic carbocycles. The van der Waals surface area contributed by atoms with Crippen molar-refractivity contribution in [2.45, 2.75) is 87.0 Å². The molecule has 11 rings (SSSR count). The Morgan fingerprint density at radius 2 is 1.27 bits per heavy atom. The van der Waals surface area contributed by atoms with Crippen molar-refractivity contribution in [3.8, 4) is 28.7 Å². The van der Waals surface area contributed by atoms with E-state index in [0.29, 0.717) is 0 Å². The molecule has 67 heavy (non-hydrogen) atoms. The summed E-state index contributed by atoms with van der Waals surface area (Å²) in [6.07, 6.45) is 5.68. The maximum atomic E-state index is 6.94. The van der Waals surface area contributed by atoms with Gasteiger partial charge in [-0.2, -0.15) is 0 Å². The summed E-state index contributed by atoms with van der Waals surface area (Å²) in [6, 6.07) is 51.1. The zero-order valence-corrected chi connectivity index (χ0v) is 40.6. The van der Waals surface area contributed by atoms with Crippen molar-refractivity contribution in [2.75, 3.05) is 0 Å². The summed E-state index contributed by atoms with van der Waals surface area (Å²) in [4.78, 5) is 5.06. The van der Waals surface area contributed by atoms with E-state index in [0.717, 1.165) is 50.6 Å². The highest BCUT2D eigenvalue weighted by molar-refractivity contribution is 6.96. The Kier molecular flexibility index (Phi) is 9.79. The summed E-state index contributed by atoms with van der Waals surface area (Å²) >= 11 is 0. The molecule has 330 valence electrons. The highest BCUT2D eigenvalue weighted by Crippen LogP contribution is 2.45. The molecular formula is C61H57BN4O. The summed E-state index contributed by atoms with van der Waals surface area (Å²) < 4.78 is 13.7. The minimum Gasteiger partial charge on any atom is -0.458 e. The molecule has 5 nitrogen and oxygen atoms in total. The van der Waals surface area contributed by atoms with E-state index in [2.05, 4.69) is 236 Å². The number of nitrogens with zero attached hydrogens (tertiary/aromatic N) is 4. The molecule has 1 aliphatic heterocycles. The van der Waals surface area contributed by atoms with E-state index in [-0.39, 0.29) is 17.5 Å². The van der Waals surface area contributed by atoms with Crippen LogP contribution in [0, 0.1) is 47.9 Å². The molecule has 6 heteroatoms. The van der Waals surface area contributed by atoms with E-state index >= 15 is 0 Å². The first kappa shape index (κ1) is 42.5. The minimum atomic E-state index is -0.232. The van der Waals surface area contributed by atoms with Gasteiger partial charge in [0, 0.05) is 28.5 Å². The van der Waals surface area contributed by atoms with Gasteiger partial charge in [0.1, 0.15) is 17.3 Å². The van der Waals surface area contributed by atoms with Gasteiger partial charge in [0.25, 0.3) is 6.33 Å². The topological polar surface area (TPSA) is 35.9 Å². The average molecular weight is 873 g/mol. The van der Waals surface area contributed by atoms with Gasteiger partial charge in [-0.3, -0.25) is 13.7 Å². The Bertz CT molecular complexity index is 3540. The third kappa shape index (κ3) is 6.91. The van der Waals surface area contributed by atoms with E-state index in [4.69, 9.17) is 9.72 Å². The highest BCUT2D eigenvalue weighted by atomic mass is 16.5. The second-order valence-corrected chi connectivity index (χ2v) is 20.7. The number of imidazole rings is 1. The van der Waals surface area contributed by atoms with Crippen molar-refractivity contribution in [3.05, 3.63) is 202 Å². The van der Waals surface area contributed by atoms with E-state index in [1.807, 2.05) is 6.20 Å². The molecule has 0 aliphatic carbocycles. The fourth-order valence-corrected chi connectivity index (χ4v) is 11.5. The summed E-state index contributed by atoms with van der Waals surface area (Å²) in [7, 11) is 0. The van der Waals surface area contributed by atoms with Crippen molar-refractivity contribution in [3.63, 3.8) is 0 Å². The lowest BCUT2D eigenvalue weighted by molar-refractivity contribution is -0.572. The van der Waals surface area contributed by atoms with Crippen LogP contribution in [0.4, 0.5) is 0 Å². The van der Waals surface area contributed by atoms with E-state index in [9.17, 15) is 0 Å². The molecule has 0 saturated heterocycles.